The Balaban J connectivity index is 2.91. The van der Waals surface area contributed by atoms with Gasteiger partial charge in [0.15, 0.2) is 11.9 Å². The number of ketones is 1. The van der Waals surface area contributed by atoms with Crippen LogP contribution in [0.2, 0.25) is 0 Å². The number of nitro groups is 1. The van der Waals surface area contributed by atoms with Crippen LogP contribution in [0.1, 0.15) is 18.8 Å². The lowest BCUT2D eigenvalue weighted by Gasteiger charge is -1.99. The molecular weight excluding hydrogens is 178 g/mol. The van der Waals surface area contributed by atoms with Crippen molar-refractivity contribution < 1.29 is 19.2 Å². The minimum atomic E-state index is -1.42. The fourth-order valence-corrected chi connectivity index (χ4v) is 0.788. The zero-order chi connectivity index (χ0) is 10.0. The number of carbonyl (C=O) groups excluding carboxylic acids is 1. The minimum Gasteiger partial charge on any atom is -0.403 e. The molecule has 0 aliphatic carbocycles. The number of Topliss-reactive ketones (excluding diaryl/α,β-unsaturated/α-hetero) is 1. The molecule has 0 radical (unpaired) electrons. The SMILES string of the molecule is CC(=O)[C@H](O)c1ccc([N+](=O)[O-])o1. The molecule has 1 aromatic heterocycles. The molecular formula is C7H7NO5. The van der Waals surface area contributed by atoms with Crippen LogP contribution in [0.5, 0.6) is 0 Å². The number of aliphatic hydroxyl groups excluding tert-OH is 1. The molecule has 1 atom stereocenters. The van der Waals surface area contributed by atoms with E-state index in [2.05, 4.69) is 4.42 Å². The first kappa shape index (κ1) is 9.40. The summed E-state index contributed by atoms with van der Waals surface area (Å²) in [6.45, 7) is 1.17. The van der Waals surface area contributed by atoms with Crippen LogP contribution >= 0.6 is 0 Å². The van der Waals surface area contributed by atoms with Crippen LogP contribution in [0, 0.1) is 10.1 Å². The van der Waals surface area contributed by atoms with Gasteiger partial charge in [0.1, 0.15) is 10.7 Å². The average Bonchev–Trinajstić information content (AvgIpc) is 2.50. The Morgan fingerprint density at radius 2 is 2.31 bits per heavy atom. The number of rotatable bonds is 3. The first-order valence-electron chi connectivity index (χ1n) is 3.45. The van der Waals surface area contributed by atoms with E-state index in [1.54, 1.807) is 0 Å². The third kappa shape index (κ3) is 1.91. The van der Waals surface area contributed by atoms with Gasteiger partial charge < -0.3 is 9.52 Å². The van der Waals surface area contributed by atoms with Gasteiger partial charge in [-0.15, -0.1) is 0 Å². The van der Waals surface area contributed by atoms with Gasteiger partial charge in [0, 0.05) is 0 Å². The molecule has 0 saturated heterocycles. The maximum Gasteiger partial charge on any atom is 0.433 e. The smallest absolute Gasteiger partial charge is 0.403 e. The van der Waals surface area contributed by atoms with Gasteiger partial charge in [0.05, 0.1) is 6.07 Å². The van der Waals surface area contributed by atoms with Gasteiger partial charge in [0.2, 0.25) is 0 Å². The lowest BCUT2D eigenvalue weighted by atomic mass is 10.2. The van der Waals surface area contributed by atoms with Gasteiger partial charge in [-0.05, 0) is 13.0 Å². The van der Waals surface area contributed by atoms with Gasteiger partial charge in [-0.25, -0.2) is 0 Å². The van der Waals surface area contributed by atoms with Crippen LogP contribution in [-0.4, -0.2) is 15.8 Å². The van der Waals surface area contributed by atoms with Crippen molar-refractivity contribution in [2.45, 2.75) is 13.0 Å². The molecule has 1 heterocycles. The lowest BCUT2D eigenvalue weighted by molar-refractivity contribution is -0.402. The highest BCUT2D eigenvalue weighted by Gasteiger charge is 2.20. The van der Waals surface area contributed by atoms with Crippen molar-refractivity contribution in [3.05, 3.63) is 28.0 Å². The molecule has 0 saturated carbocycles. The van der Waals surface area contributed by atoms with Gasteiger partial charge in [0.25, 0.3) is 0 Å². The van der Waals surface area contributed by atoms with Gasteiger partial charge in [-0.2, -0.15) is 0 Å². The molecule has 0 fully saturated rings. The monoisotopic (exact) mass is 185 g/mol. The molecule has 6 nitrogen and oxygen atoms in total. The molecule has 70 valence electrons. The Bertz CT molecular complexity index is 342. The quantitative estimate of drug-likeness (QED) is 0.555. The largest absolute Gasteiger partial charge is 0.433 e. The molecule has 1 N–H and O–H groups in total. The predicted molar refractivity (Wildman–Crippen MR) is 41.0 cm³/mol. The summed E-state index contributed by atoms with van der Waals surface area (Å²) in [7, 11) is 0. The summed E-state index contributed by atoms with van der Waals surface area (Å²) < 4.78 is 4.60. The summed E-state index contributed by atoms with van der Waals surface area (Å²) >= 11 is 0. The number of carbonyl (C=O) groups is 1. The molecule has 1 aromatic rings. The normalized spacial score (nSPS) is 12.5. The highest BCUT2D eigenvalue weighted by molar-refractivity contribution is 5.80. The van der Waals surface area contributed by atoms with Crippen molar-refractivity contribution in [2.75, 3.05) is 0 Å². The Morgan fingerprint density at radius 3 is 2.69 bits per heavy atom. The summed E-state index contributed by atoms with van der Waals surface area (Å²) in [6.07, 6.45) is -1.42. The molecule has 1 rings (SSSR count). The van der Waals surface area contributed by atoms with E-state index >= 15 is 0 Å². The Hall–Kier alpha value is -1.69. The maximum atomic E-state index is 10.6. The number of aliphatic hydroxyl groups is 1. The number of hydrogen-bond acceptors (Lipinski definition) is 5. The zero-order valence-corrected chi connectivity index (χ0v) is 6.76. The molecule has 0 bridgehead atoms. The van der Waals surface area contributed by atoms with E-state index in [1.165, 1.54) is 13.0 Å². The molecule has 0 amide bonds. The Labute approximate surface area is 72.9 Å². The summed E-state index contributed by atoms with van der Waals surface area (Å²) in [5, 5.41) is 19.3. The molecule has 0 spiro atoms. The van der Waals surface area contributed by atoms with E-state index in [4.69, 9.17) is 5.11 Å². The third-order valence-corrected chi connectivity index (χ3v) is 1.45. The highest BCUT2D eigenvalue weighted by atomic mass is 16.6. The molecule has 6 heteroatoms. The van der Waals surface area contributed by atoms with Crippen LogP contribution < -0.4 is 0 Å². The molecule has 0 aliphatic heterocycles. The Morgan fingerprint density at radius 1 is 1.69 bits per heavy atom. The van der Waals surface area contributed by atoms with Crippen LogP contribution in [0.4, 0.5) is 5.88 Å². The summed E-state index contributed by atoms with van der Waals surface area (Å²) in [4.78, 5) is 20.1. The van der Waals surface area contributed by atoms with E-state index in [-0.39, 0.29) is 5.76 Å². The number of furan rings is 1. The molecule has 13 heavy (non-hydrogen) atoms. The van der Waals surface area contributed by atoms with Crippen LogP contribution in [0.25, 0.3) is 0 Å². The van der Waals surface area contributed by atoms with Gasteiger partial charge >= 0.3 is 5.88 Å². The summed E-state index contributed by atoms with van der Waals surface area (Å²) in [5.74, 6) is -1.13. The third-order valence-electron chi connectivity index (χ3n) is 1.45. The second-order valence-corrected chi connectivity index (χ2v) is 2.45. The van der Waals surface area contributed by atoms with Crippen LogP contribution in [0.15, 0.2) is 16.5 Å². The second kappa shape index (κ2) is 3.36. The van der Waals surface area contributed by atoms with Crippen molar-refractivity contribution in [1.29, 1.82) is 0 Å². The lowest BCUT2D eigenvalue weighted by Crippen LogP contribution is -2.05. The molecule has 0 aliphatic rings. The van der Waals surface area contributed by atoms with Crippen molar-refractivity contribution >= 4 is 11.7 Å². The molecule has 0 unspecified atom stereocenters. The summed E-state index contributed by atoms with van der Waals surface area (Å²) in [5.41, 5.74) is 0. The standard InChI is InChI=1S/C7H7NO5/c1-4(9)7(10)5-2-3-6(13-5)8(11)12/h2-3,7,10H,1H3/t7-/m0/s1. The highest BCUT2D eigenvalue weighted by Crippen LogP contribution is 2.21. The van der Waals surface area contributed by atoms with Crippen LogP contribution in [0.3, 0.4) is 0 Å². The number of nitrogens with zero attached hydrogens (tertiary/aromatic N) is 1. The average molecular weight is 185 g/mol. The van der Waals surface area contributed by atoms with E-state index in [9.17, 15) is 14.9 Å². The Kier molecular flexibility index (Phi) is 2.43. The first-order valence-corrected chi connectivity index (χ1v) is 3.45. The van der Waals surface area contributed by atoms with Crippen molar-refractivity contribution in [2.24, 2.45) is 0 Å². The first-order chi connectivity index (χ1) is 6.02. The van der Waals surface area contributed by atoms with Crippen molar-refractivity contribution in [1.82, 2.24) is 0 Å². The van der Waals surface area contributed by atoms with E-state index in [1.807, 2.05) is 0 Å². The minimum absolute atomic E-state index is 0.112. The van der Waals surface area contributed by atoms with E-state index in [0.29, 0.717) is 0 Å². The van der Waals surface area contributed by atoms with Gasteiger partial charge in [-0.3, -0.25) is 14.9 Å². The zero-order valence-electron chi connectivity index (χ0n) is 6.76. The van der Waals surface area contributed by atoms with E-state index in [0.717, 1.165) is 6.07 Å². The topological polar surface area (TPSA) is 93.6 Å². The predicted octanol–water partition coefficient (Wildman–Crippen LogP) is 0.810. The van der Waals surface area contributed by atoms with Crippen molar-refractivity contribution in [3.63, 3.8) is 0 Å². The summed E-state index contributed by atoms with van der Waals surface area (Å²) in [6, 6.07) is 2.28. The fourth-order valence-electron chi connectivity index (χ4n) is 0.788. The van der Waals surface area contributed by atoms with Crippen molar-refractivity contribution in [3.8, 4) is 0 Å². The number of hydrogen-bond donors (Lipinski definition) is 1. The van der Waals surface area contributed by atoms with Crippen LogP contribution in [-0.2, 0) is 4.79 Å². The fraction of sp³-hybridized carbons (Fsp3) is 0.286. The molecule has 0 aromatic carbocycles. The van der Waals surface area contributed by atoms with E-state index < -0.39 is 22.7 Å². The second-order valence-electron chi connectivity index (χ2n) is 2.45. The maximum absolute atomic E-state index is 10.6. The van der Waals surface area contributed by atoms with Gasteiger partial charge in [-0.1, -0.05) is 0 Å².